The molecule has 0 aliphatic carbocycles. The lowest BCUT2D eigenvalue weighted by Crippen LogP contribution is -2.30. The van der Waals surface area contributed by atoms with Gasteiger partial charge in [-0.1, -0.05) is 12.1 Å². The van der Waals surface area contributed by atoms with E-state index in [4.69, 9.17) is 4.74 Å². The first-order chi connectivity index (χ1) is 6.81. The summed E-state index contributed by atoms with van der Waals surface area (Å²) in [5, 5.41) is 3.21. The van der Waals surface area contributed by atoms with Crippen molar-refractivity contribution in [2.45, 2.75) is 12.0 Å². The minimum Gasteiger partial charge on any atom is -0.379 e. The molecule has 0 unspecified atom stereocenters. The summed E-state index contributed by atoms with van der Waals surface area (Å²) in [5.41, 5.74) is 1.14. The Morgan fingerprint density at radius 3 is 2.64 bits per heavy atom. The molecule has 2 rings (SSSR count). The predicted octanol–water partition coefficient (Wildman–Crippen LogP) is 1.53. The van der Waals surface area contributed by atoms with Crippen LogP contribution in [0.15, 0.2) is 24.3 Å². The lowest BCUT2D eigenvalue weighted by molar-refractivity contribution is 0.188. The fraction of sp³-hybridized carbons (Fsp3) is 0.455. The third-order valence-corrected chi connectivity index (χ3v) is 2.75. The molecule has 0 aromatic heterocycles. The van der Waals surface area contributed by atoms with Crippen LogP contribution in [0.3, 0.4) is 0 Å². The van der Waals surface area contributed by atoms with E-state index in [1.165, 1.54) is 12.1 Å². The molecule has 2 nitrogen and oxygen atoms in total. The molecule has 0 bridgehead atoms. The van der Waals surface area contributed by atoms with Crippen molar-refractivity contribution in [3.63, 3.8) is 0 Å². The Morgan fingerprint density at radius 2 is 2.00 bits per heavy atom. The Hall–Kier alpha value is -0.930. The molecule has 3 heteroatoms. The maximum Gasteiger partial charge on any atom is 0.123 e. The zero-order valence-electron chi connectivity index (χ0n) is 8.16. The van der Waals surface area contributed by atoms with Gasteiger partial charge in [0, 0.05) is 12.0 Å². The monoisotopic (exact) mass is 195 g/mol. The first-order valence-corrected chi connectivity index (χ1v) is 4.81. The van der Waals surface area contributed by atoms with Crippen molar-refractivity contribution < 1.29 is 9.13 Å². The Labute approximate surface area is 83.1 Å². The number of likely N-dealkylation sites (N-methyl/N-ethyl adjacent to an activating group) is 1. The van der Waals surface area contributed by atoms with Crippen molar-refractivity contribution in [1.29, 1.82) is 0 Å². The Balaban J connectivity index is 2.17. The Morgan fingerprint density at radius 1 is 1.29 bits per heavy atom. The van der Waals surface area contributed by atoms with Gasteiger partial charge in [0.2, 0.25) is 0 Å². The topological polar surface area (TPSA) is 21.3 Å². The molecular weight excluding hydrogens is 181 g/mol. The van der Waals surface area contributed by atoms with E-state index in [2.05, 4.69) is 5.32 Å². The van der Waals surface area contributed by atoms with Gasteiger partial charge in [0.25, 0.3) is 0 Å². The standard InChI is InChI=1S/C11H14FNO/c1-13-11-7-14-6-10(11)8-2-4-9(12)5-3-8/h2-5,10-11,13H,6-7H2,1H3/t10-,11-/m1/s1. The van der Waals surface area contributed by atoms with Crippen LogP contribution in [0.2, 0.25) is 0 Å². The molecule has 0 saturated carbocycles. The van der Waals surface area contributed by atoms with Crippen molar-refractivity contribution in [2.75, 3.05) is 20.3 Å². The average Bonchev–Trinajstić information content (AvgIpc) is 2.67. The molecule has 0 spiro atoms. The number of nitrogens with one attached hydrogen (secondary N) is 1. The van der Waals surface area contributed by atoms with Crippen LogP contribution in [0.1, 0.15) is 11.5 Å². The Kier molecular flexibility index (Phi) is 2.79. The van der Waals surface area contributed by atoms with Gasteiger partial charge in [-0.3, -0.25) is 0 Å². The van der Waals surface area contributed by atoms with Crippen LogP contribution in [0.5, 0.6) is 0 Å². The van der Waals surface area contributed by atoms with E-state index >= 15 is 0 Å². The van der Waals surface area contributed by atoms with Gasteiger partial charge < -0.3 is 10.1 Å². The lowest BCUT2D eigenvalue weighted by Gasteiger charge is -2.16. The largest absolute Gasteiger partial charge is 0.379 e. The molecule has 76 valence electrons. The van der Waals surface area contributed by atoms with Crippen LogP contribution in [-0.4, -0.2) is 26.3 Å². The van der Waals surface area contributed by atoms with Crippen LogP contribution in [0, 0.1) is 5.82 Å². The molecule has 0 radical (unpaired) electrons. The second kappa shape index (κ2) is 4.07. The summed E-state index contributed by atoms with van der Waals surface area (Å²) in [6.45, 7) is 1.45. The first-order valence-electron chi connectivity index (χ1n) is 4.81. The van der Waals surface area contributed by atoms with E-state index in [0.717, 1.165) is 18.8 Å². The van der Waals surface area contributed by atoms with Crippen molar-refractivity contribution >= 4 is 0 Å². The number of hydrogen-bond acceptors (Lipinski definition) is 2. The maximum atomic E-state index is 12.7. The van der Waals surface area contributed by atoms with Gasteiger partial charge >= 0.3 is 0 Å². The van der Waals surface area contributed by atoms with E-state index in [-0.39, 0.29) is 5.82 Å². The molecule has 1 heterocycles. The summed E-state index contributed by atoms with van der Waals surface area (Å²) >= 11 is 0. The number of hydrogen-bond donors (Lipinski definition) is 1. The highest BCUT2D eigenvalue weighted by molar-refractivity contribution is 5.23. The van der Waals surface area contributed by atoms with Crippen LogP contribution in [-0.2, 0) is 4.74 Å². The highest BCUT2D eigenvalue weighted by Gasteiger charge is 2.27. The second-order valence-electron chi connectivity index (χ2n) is 3.59. The minimum absolute atomic E-state index is 0.186. The first kappa shape index (κ1) is 9.62. The number of benzene rings is 1. The molecule has 0 amide bonds. The molecule has 1 N–H and O–H groups in total. The minimum atomic E-state index is -0.186. The average molecular weight is 195 g/mol. The SMILES string of the molecule is CN[C@@H]1COC[C@@H]1c1ccc(F)cc1. The maximum absolute atomic E-state index is 12.7. The number of halogens is 1. The lowest BCUT2D eigenvalue weighted by atomic mass is 9.94. The molecule has 1 aromatic rings. The zero-order valence-corrected chi connectivity index (χ0v) is 8.16. The van der Waals surface area contributed by atoms with E-state index in [1.54, 1.807) is 0 Å². The fourth-order valence-electron chi connectivity index (χ4n) is 1.88. The highest BCUT2D eigenvalue weighted by atomic mass is 19.1. The van der Waals surface area contributed by atoms with Crippen LogP contribution < -0.4 is 5.32 Å². The summed E-state index contributed by atoms with van der Waals surface area (Å²) in [6.07, 6.45) is 0. The summed E-state index contributed by atoms with van der Waals surface area (Å²) in [5.74, 6) is 0.161. The molecule has 1 aromatic carbocycles. The Bertz CT molecular complexity index is 299. The fourth-order valence-corrected chi connectivity index (χ4v) is 1.88. The third kappa shape index (κ3) is 1.79. The summed E-state index contributed by atoms with van der Waals surface area (Å²) < 4.78 is 18.1. The number of ether oxygens (including phenoxy) is 1. The zero-order chi connectivity index (χ0) is 9.97. The molecule has 1 fully saturated rings. The molecule has 14 heavy (non-hydrogen) atoms. The third-order valence-electron chi connectivity index (χ3n) is 2.75. The van der Waals surface area contributed by atoms with E-state index in [0.29, 0.717) is 12.0 Å². The van der Waals surface area contributed by atoms with Crippen molar-refractivity contribution in [1.82, 2.24) is 5.32 Å². The summed E-state index contributed by atoms with van der Waals surface area (Å²) in [7, 11) is 1.93. The van der Waals surface area contributed by atoms with Crippen LogP contribution in [0.4, 0.5) is 4.39 Å². The molecule has 2 atom stereocenters. The van der Waals surface area contributed by atoms with E-state index in [9.17, 15) is 4.39 Å². The van der Waals surface area contributed by atoms with Crippen LogP contribution >= 0.6 is 0 Å². The van der Waals surface area contributed by atoms with Gasteiger partial charge in [0.05, 0.1) is 13.2 Å². The van der Waals surface area contributed by atoms with Gasteiger partial charge in [0.1, 0.15) is 5.82 Å². The van der Waals surface area contributed by atoms with E-state index < -0.39 is 0 Å². The second-order valence-corrected chi connectivity index (χ2v) is 3.59. The quantitative estimate of drug-likeness (QED) is 0.772. The highest BCUT2D eigenvalue weighted by Crippen LogP contribution is 2.25. The predicted molar refractivity (Wildman–Crippen MR) is 52.8 cm³/mol. The van der Waals surface area contributed by atoms with Crippen molar-refractivity contribution in [3.8, 4) is 0 Å². The van der Waals surface area contributed by atoms with E-state index in [1.807, 2.05) is 19.2 Å². The van der Waals surface area contributed by atoms with Crippen molar-refractivity contribution in [2.24, 2.45) is 0 Å². The summed E-state index contributed by atoms with van der Waals surface area (Å²) in [6, 6.07) is 7.01. The normalized spacial score (nSPS) is 26.7. The van der Waals surface area contributed by atoms with Gasteiger partial charge in [-0.05, 0) is 24.7 Å². The molecule has 1 aliphatic heterocycles. The van der Waals surface area contributed by atoms with Gasteiger partial charge in [-0.25, -0.2) is 4.39 Å². The van der Waals surface area contributed by atoms with Gasteiger partial charge in [-0.15, -0.1) is 0 Å². The van der Waals surface area contributed by atoms with Gasteiger partial charge in [0.15, 0.2) is 0 Å². The smallest absolute Gasteiger partial charge is 0.123 e. The van der Waals surface area contributed by atoms with Crippen LogP contribution in [0.25, 0.3) is 0 Å². The van der Waals surface area contributed by atoms with Crippen molar-refractivity contribution in [3.05, 3.63) is 35.6 Å². The summed E-state index contributed by atoms with van der Waals surface area (Å²) in [4.78, 5) is 0. The number of rotatable bonds is 2. The van der Waals surface area contributed by atoms with Gasteiger partial charge in [-0.2, -0.15) is 0 Å². The molecule has 1 saturated heterocycles. The molecule has 1 aliphatic rings. The molecular formula is C11H14FNO.